The number of aryl methyl sites for hydroxylation is 1. The minimum absolute atomic E-state index is 0.384. The topological polar surface area (TPSA) is 57.9 Å². The van der Waals surface area contributed by atoms with E-state index in [0.29, 0.717) is 6.04 Å². The number of H-pyrrole nitrogens is 1. The van der Waals surface area contributed by atoms with Gasteiger partial charge >= 0.3 is 0 Å². The molecule has 0 amide bonds. The molecule has 4 heteroatoms. The number of nitrogens with two attached hydrogens (primary N) is 1. The first-order valence-corrected chi connectivity index (χ1v) is 7.77. The van der Waals surface area contributed by atoms with Crippen LogP contribution in [0.4, 0.5) is 0 Å². The Hall–Kier alpha value is -0.870. The number of imidazole rings is 1. The molecule has 1 aliphatic heterocycles. The Morgan fingerprint density at radius 3 is 3.00 bits per heavy atom. The summed E-state index contributed by atoms with van der Waals surface area (Å²) in [7, 11) is 0. The molecule has 3 rings (SSSR count). The van der Waals surface area contributed by atoms with Crippen LogP contribution in [0, 0.1) is 11.8 Å². The van der Waals surface area contributed by atoms with Gasteiger partial charge in [0.1, 0.15) is 5.82 Å². The number of hydrogen-bond acceptors (Lipinski definition) is 3. The van der Waals surface area contributed by atoms with Crippen molar-refractivity contribution in [2.24, 2.45) is 17.6 Å². The highest BCUT2D eigenvalue weighted by atomic mass is 15.2. The molecule has 2 fully saturated rings. The lowest BCUT2D eigenvalue weighted by molar-refractivity contribution is 0.306. The lowest BCUT2D eigenvalue weighted by Gasteiger charge is -2.14. The van der Waals surface area contributed by atoms with E-state index in [2.05, 4.69) is 21.8 Å². The highest BCUT2D eigenvalue weighted by molar-refractivity contribution is 5.04. The molecule has 2 aliphatic rings. The van der Waals surface area contributed by atoms with E-state index < -0.39 is 0 Å². The van der Waals surface area contributed by atoms with Gasteiger partial charge in [0.15, 0.2) is 0 Å². The van der Waals surface area contributed by atoms with Crippen LogP contribution in [0.25, 0.3) is 0 Å². The summed E-state index contributed by atoms with van der Waals surface area (Å²) in [5.41, 5.74) is 7.51. The Kier molecular flexibility index (Phi) is 3.89. The van der Waals surface area contributed by atoms with Gasteiger partial charge in [-0.1, -0.05) is 13.3 Å². The molecular weight excluding hydrogens is 236 g/mol. The molecule has 0 bridgehead atoms. The molecule has 19 heavy (non-hydrogen) atoms. The zero-order valence-corrected chi connectivity index (χ0v) is 11.9. The Morgan fingerprint density at radius 2 is 2.26 bits per heavy atom. The number of hydrogen-bond donors (Lipinski definition) is 2. The molecule has 106 valence electrons. The Labute approximate surface area is 115 Å². The van der Waals surface area contributed by atoms with E-state index in [9.17, 15) is 0 Å². The lowest BCUT2D eigenvalue weighted by Crippen LogP contribution is -2.30. The van der Waals surface area contributed by atoms with E-state index in [1.54, 1.807) is 0 Å². The second-order valence-electron chi connectivity index (χ2n) is 6.32. The summed E-state index contributed by atoms with van der Waals surface area (Å²) in [4.78, 5) is 10.4. The van der Waals surface area contributed by atoms with Crippen LogP contribution in [-0.4, -0.2) is 34.0 Å². The molecule has 1 aliphatic carbocycles. The molecule has 1 aromatic heterocycles. The first-order valence-electron chi connectivity index (χ1n) is 7.77. The van der Waals surface area contributed by atoms with Gasteiger partial charge in [0, 0.05) is 44.0 Å². The Bertz CT molecular complexity index is 410. The van der Waals surface area contributed by atoms with Crippen molar-refractivity contribution in [2.75, 3.05) is 13.1 Å². The number of aromatic amines is 1. The zero-order chi connectivity index (χ0) is 13.2. The van der Waals surface area contributed by atoms with Crippen LogP contribution in [0.2, 0.25) is 0 Å². The lowest BCUT2D eigenvalue weighted by atomic mass is 9.99. The maximum Gasteiger partial charge on any atom is 0.106 e. The van der Waals surface area contributed by atoms with Crippen LogP contribution in [0.15, 0.2) is 6.20 Å². The normalized spacial score (nSPS) is 28.1. The third-order valence-corrected chi connectivity index (χ3v) is 4.56. The average molecular weight is 262 g/mol. The van der Waals surface area contributed by atoms with E-state index in [4.69, 9.17) is 5.73 Å². The summed E-state index contributed by atoms with van der Waals surface area (Å²) in [5.74, 6) is 2.79. The molecular formula is C15H26N4. The van der Waals surface area contributed by atoms with Crippen molar-refractivity contribution in [3.05, 3.63) is 17.7 Å². The average Bonchev–Trinajstić information content (AvgIpc) is 3.04. The van der Waals surface area contributed by atoms with Gasteiger partial charge in [-0.25, -0.2) is 4.98 Å². The van der Waals surface area contributed by atoms with E-state index in [0.717, 1.165) is 37.2 Å². The predicted molar refractivity (Wildman–Crippen MR) is 76.7 cm³/mol. The summed E-state index contributed by atoms with van der Waals surface area (Å²) in [6.07, 6.45) is 8.31. The summed E-state index contributed by atoms with van der Waals surface area (Å²) in [6, 6.07) is 0.384. The second kappa shape index (κ2) is 5.63. The van der Waals surface area contributed by atoms with Gasteiger partial charge < -0.3 is 10.7 Å². The standard InChI is InChI=1S/C15H26N4/c1-2-3-4-15-17-7-12(18-15)8-19-9-13(11-5-6-11)14(16)10-19/h7,11,13-14H,2-6,8-10,16H2,1H3,(H,17,18)/t13-,14+/m1/s1. The summed E-state index contributed by atoms with van der Waals surface area (Å²) < 4.78 is 0. The van der Waals surface area contributed by atoms with Crippen molar-refractivity contribution in [1.82, 2.24) is 14.9 Å². The number of unbranched alkanes of at least 4 members (excludes halogenated alkanes) is 1. The van der Waals surface area contributed by atoms with Crippen molar-refractivity contribution in [3.8, 4) is 0 Å². The molecule has 1 saturated carbocycles. The predicted octanol–water partition coefficient (Wildman–Crippen LogP) is 1.92. The highest BCUT2D eigenvalue weighted by Crippen LogP contribution is 2.41. The molecule has 4 nitrogen and oxygen atoms in total. The Morgan fingerprint density at radius 1 is 1.42 bits per heavy atom. The minimum atomic E-state index is 0.384. The number of likely N-dealkylation sites (tertiary alicyclic amines) is 1. The third-order valence-electron chi connectivity index (χ3n) is 4.56. The summed E-state index contributed by atoms with van der Waals surface area (Å²) >= 11 is 0. The van der Waals surface area contributed by atoms with Crippen LogP contribution in [0.3, 0.4) is 0 Å². The first-order chi connectivity index (χ1) is 9.26. The number of nitrogens with one attached hydrogen (secondary N) is 1. The molecule has 0 unspecified atom stereocenters. The molecule has 2 atom stereocenters. The molecule has 1 aromatic rings. The first kappa shape index (κ1) is 13.1. The zero-order valence-electron chi connectivity index (χ0n) is 11.9. The van der Waals surface area contributed by atoms with Gasteiger partial charge in [-0.15, -0.1) is 0 Å². The van der Waals surface area contributed by atoms with Crippen LogP contribution in [0.5, 0.6) is 0 Å². The van der Waals surface area contributed by atoms with Gasteiger partial charge in [-0.3, -0.25) is 4.90 Å². The van der Waals surface area contributed by atoms with E-state index >= 15 is 0 Å². The number of aromatic nitrogens is 2. The van der Waals surface area contributed by atoms with Gasteiger partial charge in [0.05, 0.1) is 0 Å². The number of nitrogens with zero attached hydrogens (tertiary/aromatic N) is 2. The van der Waals surface area contributed by atoms with Crippen LogP contribution >= 0.6 is 0 Å². The molecule has 1 saturated heterocycles. The van der Waals surface area contributed by atoms with Gasteiger partial charge in [0.25, 0.3) is 0 Å². The van der Waals surface area contributed by atoms with Crippen LogP contribution in [0.1, 0.15) is 44.1 Å². The van der Waals surface area contributed by atoms with Crippen LogP contribution in [-0.2, 0) is 13.0 Å². The highest BCUT2D eigenvalue weighted by Gasteiger charge is 2.40. The third kappa shape index (κ3) is 3.18. The van der Waals surface area contributed by atoms with Gasteiger partial charge in [-0.2, -0.15) is 0 Å². The van der Waals surface area contributed by atoms with E-state index in [1.807, 2.05) is 6.20 Å². The summed E-state index contributed by atoms with van der Waals surface area (Å²) in [5, 5.41) is 0. The monoisotopic (exact) mass is 262 g/mol. The number of rotatable bonds is 6. The SMILES string of the molecule is CCCCc1ncc(CN2C[C@H](C3CC3)[C@@H](N)C2)[nH]1. The van der Waals surface area contributed by atoms with Gasteiger partial charge in [0.2, 0.25) is 0 Å². The maximum absolute atomic E-state index is 6.27. The van der Waals surface area contributed by atoms with Gasteiger partial charge in [-0.05, 0) is 31.1 Å². The minimum Gasteiger partial charge on any atom is -0.345 e. The van der Waals surface area contributed by atoms with E-state index in [-0.39, 0.29) is 0 Å². The molecule has 2 heterocycles. The molecule has 0 aromatic carbocycles. The van der Waals surface area contributed by atoms with Crippen molar-refractivity contribution >= 4 is 0 Å². The molecule has 0 spiro atoms. The quantitative estimate of drug-likeness (QED) is 0.823. The molecule has 3 N–H and O–H groups in total. The Balaban J connectivity index is 1.52. The smallest absolute Gasteiger partial charge is 0.106 e. The summed E-state index contributed by atoms with van der Waals surface area (Å²) in [6.45, 7) is 5.42. The fraction of sp³-hybridized carbons (Fsp3) is 0.800. The van der Waals surface area contributed by atoms with Crippen molar-refractivity contribution in [1.29, 1.82) is 0 Å². The second-order valence-corrected chi connectivity index (χ2v) is 6.32. The largest absolute Gasteiger partial charge is 0.345 e. The van der Waals surface area contributed by atoms with Crippen molar-refractivity contribution < 1.29 is 0 Å². The van der Waals surface area contributed by atoms with Crippen molar-refractivity contribution in [2.45, 2.75) is 51.6 Å². The van der Waals surface area contributed by atoms with E-state index in [1.165, 1.54) is 37.9 Å². The fourth-order valence-electron chi connectivity index (χ4n) is 3.29. The maximum atomic E-state index is 6.27. The molecule has 0 radical (unpaired) electrons. The van der Waals surface area contributed by atoms with Crippen LogP contribution < -0.4 is 5.73 Å². The fourth-order valence-corrected chi connectivity index (χ4v) is 3.29. The van der Waals surface area contributed by atoms with Crippen molar-refractivity contribution in [3.63, 3.8) is 0 Å².